The quantitative estimate of drug-likeness (QED) is 0.607. The van der Waals surface area contributed by atoms with Crippen LogP contribution >= 0.6 is 0 Å². The fourth-order valence-electron chi connectivity index (χ4n) is 1.70. The van der Waals surface area contributed by atoms with Crippen LogP contribution in [0.2, 0.25) is 0 Å². The number of rotatable bonds is 2. The number of hydrogen-bond acceptors (Lipinski definition) is 2. The Hall–Kier alpha value is -0.520. The van der Waals surface area contributed by atoms with Crippen molar-refractivity contribution in [3.8, 4) is 12.3 Å². The number of piperidine rings is 1. The normalized spacial score (nSPS) is 27.9. The minimum Gasteiger partial charge on any atom is -0.305 e. The Labute approximate surface area is 75.3 Å². The summed E-state index contributed by atoms with van der Waals surface area (Å²) in [4.78, 5) is 2.35. The van der Waals surface area contributed by atoms with Gasteiger partial charge < -0.3 is 4.90 Å². The molecule has 68 valence electrons. The molecule has 1 aliphatic heterocycles. The van der Waals surface area contributed by atoms with Crippen LogP contribution in [0.25, 0.3) is 0 Å². The molecule has 2 nitrogen and oxygen atoms in total. The van der Waals surface area contributed by atoms with E-state index in [-0.39, 0.29) is 6.04 Å². The highest BCUT2D eigenvalue weighted by atomic mass is 15.1. The first-order valence-corrected chi connectivity index (χ1v) is 4.63. The molecule has 1 aliphatic rings. The molecule has 2 unspecified atom stereocenters. The Bertz CT molecular complexity index is 171. The predicted molar refractivity (Wildman–Crippen MR) is 51.9 cm³/mol. The van der Waals surface area contributed by atoms with E-state index >= 15 is 0 Å². The highest BCUT2D eigenvalue weighted by molar-refractivity contribution is 4.97. The summed E-state index contributed by atoms with van der Waals surface area (Å²) in [6.07, 6.45) is 7.84. The summed E-state index contributed by atoms with van der Waals surface area (Å²) in [6.45, 7) is 4.39. The van der Waals surface area contributed by atoms with Crippen molar-refractivity contribution >= 4 is 0 Å². The zero-order valence-electron chi connectivity index (χ0n) is 8.01. The van der Waals surface area contributed by atoms with Crippen molar-refractivity contribution in [2.75, 3.05) is 20.1 Å². The zero-order valence-corrected chi connectivity index (χ0v) is 8.01. The lowest BCUT2D eigenvalue weighted by atomic mass is 10.1. The fraction of sp³-hybridized carbons (Fsp3) is 0.800. The van der Waals surface area contributed by atoms with Crippen molar-refractivity contribution in [3.05, 3.63) is 0 Å². The Morgan fingerprint density at radius 2 is 2.42 bits per heavy atom. The van der Waals surface area contributed by atoms with Crippen molar-refractivity contribution in [2.45, 2.75) is 31.8 Å². The Morgan fingerprint density at radius 3 is 3.00 bits per heavy atom. The first-order valence-electron chi connectivity index (χ1n) is 4.63. The van der Waals surface area contributed by atoms with Gasteiger partial charge >= 0.3 is 0 Å². The van der Waals surface area contributed by atoms with Gasteiger partial charge in [-0.05, 0) is 33.4 Å². The van der Waals surface area contributed by atoms with Crippen molar-refractivity contribution in [1.29, 1.82) is 0 Å². The van der Waals surface area contributed by atoms with Crippen LogP contribution in [-0.4, -0.2) is 37.1 Å². The van der Waals surface area contributed by atoms with Crippen LogP contribution in [0.3, 0.4) is 0 Å². The molecule has 0 aromatic carbocycles. The second-order valence-electron chi connectivity index (χ2n) is 3.66. The van der Waals surface area contributed by atoms with Gasteiger partial charge in [0.15, 0.2) is 0 Å². The van der Waals surface area contributed by atoms with Gasteiger partial charge in [0, 0.05) is 12.6 Å². The van der Waals surface area contributed by atoms with E-state index in [9.17, 15) is 0 Å². The largest absolute Gasteiger partial charge is 0.305 e. The van der Waals surface area contributed by atoms with Gasteiger partial charge in [0.2, 0.25) is 0 Å². The average molecular weight is 166 g/mol. The number of nitrogens with one attached hydrogen (secondary N) is 1. The molecule has 0 aliphatic carbocycles. The number of likely N-dealkylation sites (N-methyl/N-ethyl adjacent to an activating group) is 1. The minimum atomic E-state index is 0.210. The van der Waals surface area contributed by atoms with Crippen LogP contribution in [0.1, 0.15) is 19.8 Å². The molecule has 0 amide bonds. The van der Waals surface area contributed by atoms with E-state index in [1.165, 1.54) is 19.4 Å². The van der Waals surface area contributed by atoms with E-state index in [2.05, 4.69) is 23.2 Å². The minimum absolute atomic E-state index is 0.210. The second kappa shape index (κ2) is 4.49. The molecule has 0 aromatic heterocycles. The fourth-order valence-corrected chi connectivity index (χ4v) is 1.70. The lowest BCUT2D eigenvalue weighted by Crippen LogP contribution is -2.46. The molecule has 2 atom stereocenters. The molecule has 0 aromatic rings. The lowest BCUT2D eigenvalue weighted by molar-refractivity contribution is 0.224. The van der Waals surface area contributed by atoms with Crippen molar-refractivity contribution in [2.24, 2.45) is 0 Å². The summed E-state index contributed by atoms with van der Waals surface area (Å²) in [5.74, 6) is 2.70. The maximum absolute atomic E-state index is 5.30. The Morgan fingerprint density at radius 1 is 1.67 bits per heavy atom. The Balaban J connectivity index is 2.28. The molecule has 0 bridgehead atoms. The van der Waals surface area contributed by atoms with Crippen LogP contribution in [0.5, 0.6) is 0 Å². The summed E-state index contributed by atoms with van der Waals surface area (Å²) >= 11 is 0. The molecule has 1 N–H and O–H groups in total. The molecular formula is C10H18N2. The molecule has 12 heavy (non-hydrogen) atoms. The number of hydrogen-bond donors (Lipinski definition) is 1. The van der Waals surface area contributed by atoms with Gasteiger partial charge in [-0.25, -0.2) is 0 Å². The molecule has 2 heteroatoms. The van der Waals surface area contributed by atoms with Gasteiger partial charge in [0.1, 0.15) is 0 Å². The summed E-state index contributed by atoms with van der Waals surface area (Å²) in [5, 5.41) is 3.42. The summed E-state index contributed by atoms with van der Waals surface area (Å²) in [6, 6.07) is 0.802. The van der Waals surface area contributed by atoms with E-state index in [1.807, 2.05) is 6.92 Å². The summed E-state index contributed by atoms with van der Waals surface area (Å²) < 4.78 is 0. The number of likely N-dealkylation sites (tertiary alicyclic amines) is 1. The first kappa shape index (κ1) is 9.57. The maximum Gasteiger partial charge on any atom is 0.0660 e. The smallest absolute Gasteiger partial charge is 0.0660 e. The third-order valence-corrected chi connectivity index (χ3v) is 2.36. The second-order valence-corrected chi connectivity index (χ2v) is 3.66. The van der Waals surface area contributed by atoms with Gasteiger partial charge in [-0.1, -0.05) is 5.92 Å². The topological polar surface area (TPSA) is 15.3 Å². The van der Waals surface area contributed by atoms with Gasteiger partial charge in [-0.2, -0.15) is 0 Å². The molecule has 1 rings (SSSR count). The number of nitrogens with zero attached hydrogens (tertiary/aromatic N) is 1. The van der Waals surface area contributed by atoms with E-state index < -0.39 is 0 Å². The SMILES string of the molecule is C#CC(C)NC1CCCN(C)C1. The molecule has 1 heterocycles. The van der Waals surface area contributed by atoms with Gasteiger partial charge in [-0.15, -0.1) is 6.42 Å². The predicted octanol–water partition coefficient (Wildman–Crippen LogP) is 0.692. The molecule has 0 radical (unpaired) electrons. The van der Waals surface area contributed by atoms with Crippen molar-refractivity contribution < 1.29 is 0 Å². The van der Waals surface area contributed by atoms with E-state index in [4.69, 9.17) is 6.42 Å². The standard InChI is InChI=1S/C10H18N2/c1-4-9(2)11-10-6-5-7-12(3)8-10/h1,9-11H,5-8H2,2-3H3. The van der Waals surface area contributed by atoms with Crippen LogP contribution in [0.4, 0.5) is 0 Å². The molecule has 1 saturated heterocycles. The molecule has 1 fully saturated rings. The Kier molecular flexibility index (Phi) is 3.58. The van der Waals surface area contributed by atoms with Crippen LogP contribution in [0, 0.1) is 12.3 Å². The molecule has 0 spiro atoms. The zero-order chi connectivity index (χ0) is 8.97. The lowest BCUT2D eigenvalue weighted by Gasteiger charge is -2.31. The van der Waals surface area contributed by atoms with Gasteiger partial charge in [-0.3, -0.25) is 5.32 Å². The van der Waals surface area contributed by atoms with Crippen molar-refractivity contribution in [3.63, 3.8) is 0 Å². The van der Waals surface area contributed by atoms with E-state index in [0.717, 1.165) is 6.54 Å². The maximum atomic E-state index is 5.30. The first-order chi connectivity index (χ1) is 5.72. The monoisotopic (exact) mass is 166 g/mol. The molecule has 0 saturated carbocycles. The van der Waals surface area contributed by atoms with Crippen LogP contribution in [0.15, 0.2) is 0 Å². The summed E-state index contributed by atoms with van der Waals surface area (Å²) in [7, 11) is 2.16. The summed E-state index contributed by atoms with van der Waals surface area (Å²) in [5.41, 5.74) is 0. The van der Waals surface area contributed by atoms with Crippen molar-refractivity contribution in [1.82, 2.24) is 10.2 Å². The highest BCUT2D eigenvalue weighted by Gasteiger charge is 2.17. The molecular weight excluding hydrogens is 148 g/mol. The number of terminal acetylenes is 1. The van der Waals surface area contributed by atoms with E-state index in [1.54, 1.807) is 0 Å². The van der Waals surface area contributed by atoms with Crippen LogP contribution < -0.4 is 5.32 Å². The third-order valence-electron chi connectivity index (χ3n) is 2.36. The third kappa shape index (κ3) is 2.84. The van der Waals surface area contributed by atoms with E-state index in [0.29, 0.717) is 6.04 Å². The van der Waals surface area contributed by atoms with Gasteiger partial charge in [0.25, 0.3) is 0 Å². The highest BCUT2D eigenvalue weighted by Crippen LogP contribution is 2.08. The van der Waals surface area contributed by atoms with Crippen LogP contribution in [-0.2, 0) is 0 Å². The van der Waals surface area contributed by atoms with Gasteiger partial charge in [0.05, 0.1) is 6.04 Å². The average Bonchev–Trinajstić information content (AvgIpc) is 2.04.